The summed E-state index contributed by atoms with van der Waals surface area (Å²) in [6, 6.07) is 0. The summed E-state index contributed by atoms with van der Waals surface area (Å²) in [6.45, 7) is 6.64. The molecule has 364 valence electrons. The Morgan fingerprint density at radius 1 is 0.306 bits per heavy atom. The quantitative estimate of drug-likeness (QED) is 0.0262. The minimum Gasteiger partial charge on any atom is -0.462 e. The van der Waals surface area contributed by atoms with Gasteiger partial charge in [-0.1, -0.05) is 231 Å². The van der Waals surface area contributed by atoms with Crippen molar-refractivity contribution in [1.29, 1.82) is 0 Å². The first-order valence-electron chi connectivity index (χ1n) is 27.3. The fourth-order valence-electron chi connectivity index (χ4n) is 8.02. The van der Waals surface area contributed by atoms with Crippen LogP contribution in [0.25, 0.3) is 0 Å². The summed E-state index contributed by atoms with van der Waals surface area (Å²) in [4.78, 5) is 38.0. The molecule has 0 aromatic rings. The van der Waals surface area contributed by atoms with Gasteiger partial charge in [-0.05, 0) is 70.6 Å². The normalized spacial score (nSPS) is 12.1. The molecule has 0 aliphatic carbocycles. The number of unbranched alkanes of at least 4 members (excludes halogenated alkanes) is 35. The molecule has 0 amide bonds. The molecule has 0 bridgehead atoms. The topological polar surface area (TPSA) is 78.9 Å². The van der Waals surface area contributed by atoms with Gasteiger partial charge in [0, 0.05) is 19.3 Å². The fourth-order valence-corrected chi connectivity index (χ4v) is 8.02. The Morgan fingerprint density at radius 3 is 0.823 bits per heavy atom. The fraction of sp³-hybridized carbons (Fsp3) is 0.875. The molecule has 0 aromatic heterocycles. The molecular weight excluding hydrogens is 769 g/mol. The molecule has 6 nitrogen and oxygen atoms in total. The van der Waals surface area contributed by atoms with E-state index in [0.29, 0.717) is 19.3 Å². The molecule has 6 heteroatoms. The minimum atomic E-state index is -0.771. The van der Waals surface area contributed by atoms with E-state index in [2.05, 4.69) is 45.1 Å². The van der Waals surface area contributed by atoms with Crippen molar-refractivity contribution in [3.05, 3.63) is 24.3 Å². The molecule has 0 fully saturated rings. The van der Waals surface area contributed by atoms with Crippen LogP contribution in [0.5, 0.6) is 0 Å². The van der Waals surface area contributed by atoms with Gasteiger partial charge < -0.3 is 14.2 Å². The largest absolute Gasteiger partial charge is 0.462 e. The number of hydrogen-bond acceptors (Lipinski definition) is 6. The summed E-state index contributed by atoms with van der Waals surface area (Å²) in [7, 11) is 0. The van der Waals surface area contributed by atoms with Crippen LogP contribution in [0.4, 0.5) is 0 Å². The number of allylic oxidation sites excluding steroid dienone is 4. The Balaban J connectivity index is 4.30. The van der Waals surface area contributed by atoms with Gasteiger partial charge in [0.2, 0.25) is 0 Å². The van der Waals surface area contributed by atoms with E-state index >= 15 is 0 Å². The predicted octanol–water partition coefficient (Wildman–Crippen LogP) is 17.9. The van der Waals surface area contributed by atoms with E-state index in [9.17, 15) is 14.4 Å². The zero-order valence-electron chi connectivity index (χ0n) is 41.7. The smallest absolute Gasteiger partial charge is 0.306 e. The molecule has 0 aliphatic rings. The van der Waals surface area contributed by atoms with E-state index in [1.807, 2.05) is 0 Å². The van der Waals surface area contributed by atoms with Crippen molar-refractivity contribution >= 4 is 17.9 Å². The van der Waals surface area contributed by atoms with Crippen molar-refractivity contribution in [2.45, 2.75) is 303 Å². The summed E-state index contributed by atoms with van der Waals surface area (Å²) in [5, 5.41) is 0. The van der Waals surface area contributed by atoms with Crippen molar-refractivity contribution < 1.29 is 28.6 Å². The summed E-state index contributed by atoms with van der Waals surface area (Å²) in [6.07, 6.45) is 58.8. The molecule has 0 saturated heterocycles. The molecule has 0 spiro atoms. The second-order valence-corrected chi connectivity index (χ2v) is 18.5. The number of rotatable bonds is 50. The maximum Gasteiger partial charge on any atom is 0.306 e. The van der Waals surface area contributed by atoms with Crippen LogP contribution in [-0.4, -0.2) is 37.2 Å². The van der Waals surface area contributed by atoms with E-state index in [0.717, 1.165) is 64.2 Å². The number of carbonyl (C=O) groups excluding carboxylic acids is 3. The van der Waals surface area contributed by atoms with Crippen molar-refractivity contribution in [2.24, 2.45) is 0 Å². The van der Waals surface area contributed by atoms with Crippen LogP contribution in [0.15, 0.2) is 24.3 Å². The second kappa shape index (κ2) is 51.5. The van der Waals surface area contributed by atoms with Crippen LogP contribution in [0, 0.1) is 0 Å². The summed E-state index contributed by atoms with van der Waals surface area (Å²) in [5.74, 6) is -0.868. The van der Waals surface area contributed by atoms with Crippen LogP contribution in [0.1, 0.15) is 297 Å². The lowest BCUT2D eigenvalue weighted by Crippen LogP contribution is -2.30. The minimum absolute atomic E-state index is 0.0712. The van der Waals surface area contributed by atoms with E-state index in [1.54, 1.807) is 0 Å². The molecule has 0 aliphatic heterocycles. The SMILES string of the molecule is CCCCCC/C=C\CCCCCCCC(=O)OC(COC(=O)CCCCCCCCCCC/C=C\CCCCCCCC)COC(=O)CCCCCCCCCCCCCC. The lowest BCUT2D eigenvalue weighted by Gasteiger charge is -2.18. The first kappa shape index (κ1) is 59.9. The van der Waals surface area contributed by atoms with Gasteiger partial charge in [0.15, 0.2) is 6.10 Å². The zero-order valence-corrected chi connectivity index (χ0v) is 41.7. The molecule has 0 saturated carbocycles. The molecule has 0 radical (unpaired) electrons. The highest BCUT2D eigenvalue weighted by atomic mass is 16.6. The molecular formula is C56H104O6. The van der Waals surface area contributed by atoms with Gasteiger partial charge in [-0.25, -0.2) is 0 Å². The second-order valence-electron chi connectivity index (χ2n) is 18.5. The average Bonchev–Trinajstić information content (AvgIpc) is 3.27. The van der Waals surface area contributed by atoms with Gasteiger partial charge in [0.05, 0.1) is 0 Å². The Labute approximate surface area is 385 Å². The van der Waals surface area contributed by atoms with Crippen molar-refractivity contribution in [3.63, 3.8) is 0 Å². The highest BCUT2D eigenvalue weighted by Crippen LogP contribution is 2.16. The molecule has 1 atom stereocenters. The lowest BCUT2D eigenvalue weighted by molar-refractivity contribution is -0.167. The van der Waals surface area contributed by atoms with Crippen molar-refractivity contribution in [1.82, 2.24) is 0 Å². The van der Waals surface area contributed by atoms with E-state index in [-0.39, 0.29) is 31.1 Å². The molecule has 62 heavy (non-hydrogen) atoms. The van der Waals surface area contributed by atoms with Gasteiger partial charge in [-0.2, -0.15) is 0 Å². The predicted molar refractivity (Wildman–Crippen MR) is 266 cm³/mol. The standard InChI is InChI=1S/C56H104O6/c1-4-7-10-13-16-19-22-25-26-27-28-29-30-32-34-37-40-43-46-49-55(58)61-52-53(51-60-54(57)48-45-42-39-36-33-24-21-18-15-12-9-6-3)62-56(59)50-47-44-41-38-35-31-23-20-17-14-11-8-5-2/h20,23,25-26,53H,4-19,21-22,24,27-52H2,1-3H3/b23-20-,26-25-. The van der Waals surface area contributed by atoms with E-state index < -0.39 is 6.10 Å². The number of esters is 3. The number of carbonyl (C=O) groups is 3. The van der Waals surface area contributed by atoms with Crippen LogP contribution < -0.4 is 0 Å². The third kappa shape index (κ3) is 48.9. The first-order valence-corrected chi connectivity index (χ1v) is 27.3. The van der Waals surface area contributed by atoms with Crippen LogP contribution in [-0.2, 0) is 28.6 Å². The Kier molecular flexibility index (Phi) is 49.8. The van der Waals surface area contributed by atoms with Gasteiger partial charge in [-0.3, -0.25) is 14.4 Å². The highest BCUT2D eigenvalue weighted by Gasteiger charge is 2.19. The molecule has 0 aromatic carbocycles. The maximum absolute atomic E-state index is 12.8. The van der Waals surface area contributed by atoms with E-state index in [1.165, 1.54) is 193 Å². The lowest BCUT2D eigenvalue weighted by atomic mass is 10.0. The summed E-state index contributed by atoms with van der Waals surface area (Å²) in [5.41, 5.74) is 0. The van der Waals surface area contributed by atoms with Gasteiger partial charge in [-0.15, -0.1) is 0 Å². The van der Waals surface area contributed by atoms with Gasteiger partial charge >= 0.3 is 17.9 Å². The average molecular weight is 873 g/mol. The Hall–Kier alpha value is -2.11. The van der Waals surface area contributed by atoms with Crippen molar-refractivity contribution in [2.75, 3.05) is 13.2 Å². The number of hydrogen-bond donors (Lipinski definition) is 0. The summed E-state index contributed by atoms with van der Waals surface area (Å²) < 4.78 is 16.8. The van der Waals surface area contributed by atoms with Gasteiger partial charge in [0.25, 0.3) is 0 Å². The third-order valence-electron chi connectivity index (χ3n) is 12.2. The highest BCUT2D eigenvalue weighted by molar-refractivity contribution is 5.71. The molecule has 0 rings (SSSR count). The molecule has 0 N–H and O–H groups in total. The molecule has 0 heterocycles. The monoisotopic (exact) mass is 873 g/mol. The first-order chi connectivity index (χ1) is 30.5. The number of ether oxygens (including phenoxy) is 3. The zero-order chi connectivity index (χ0) is 45.1. The Morgan fingerprint density at radius 2 is 0.532 bits per heavy atom. The maximum atomic E-state index is 12.8. The van der Waals surface area contributed by atoms with Crippen LogP contribution in [0.3, 0.4) is 0 Å². The van der Waals surface area contributed by atoms with Gasteiger partial charge in [0.1, 0.15) is 13.2 Å². The third-order valence-corrected chi connectivity index (χ3v) is 12.2. The van der Waals surface area contributed by atoms with Crippen LogP contribution in [0.2, 0.25) is 0 Å². The summed E-state index contributed by atoms with van der Waals surface area (Å²) >= 11 is 0. The van der Waals surface area contributed by atoms with E-state index in [4.69, 9.17) is 14.2 Å². The molecule has 1 unspecified atom stereocenters. The van der Waals surface area contributed by atoms with Crippen molar-refractivity contribution in [3.8, 4) is 0 Å². The Bertz CT molecular complexity index is 1000. The van der Waals surface area contributed by atoms with Crippen LogP contribution >= 0.6 is 0 Å².